The van der Waals surface area contributed by atoms with Gasteiger partial charge in [-0.15, -0.1) is 0 Å². The molecule has 17 heavy (non-hydrogen) atoms. The maximum absolute atomic E-state index is 7.45. The fourth-order valence-corrected chi connectivity index (χ4v) is 2.41. The number of anilines is 1. The minimum absolute atomic E-state index is 0.0981. The monoisotopic (exact) mass is 297 g/mol. The van der Waals surface area contributed by atoms with Crippen LogP contribution in [0, 0.1) is 5.41 Å². The van der Waals surface area contributed by atoms with Crippen LogP contribution in [0.1, 0.15) is 32.3 Å². The highest BCUT2D eigenvalue weighted by molar-refractivity contribution is 9.10. The molecule has 0 fully saturated rings. The van der Waals surface area contributed by atoms with Crippen LogP contribution >= 0.6 is 15.9 Å². The summed E-state index contributed by atoms with van der Waals surface area (Å²) in [6.45, 7) is 6.47. The van der Waals surface area contributed by atoms with E-state index in [1.54, 1.807) is 0 Å². The molecule has 1 aromatic carbocycles. The Morgan fingerprint density at radius 2 is 1.88 bits per heavy atom. The number of nitrogens with zero attached hydrogens (tertiary/aromatic N) is 1. The number of hydrogen-bond acceptors (Lipinski definition) is 2. The van der Waals surface area contributed by atoms with Crippen molar-refractivity contribution in [3.05, 3.63) is 28.2 Å². The third kappa shape index (κ3) is 3.73. The van der Waals surface area contributed by atoms with E-state index in [4.69, 9.17) is 11.1 Å². The summed E-state index contributed by atoms with van der Waals surface area (Å²) in [4.78, 5) is 2.36. The van der Waals surface area contributed by atoms with Crippen LogP contribution in [0.4, 0.5) is 5.69 Å². The van der Waals surface area contributed by atoms with Gasteiger partial charge in [-0.3, -0.25) is 5.41 Å². The first-order valence-corrected chi connectivity index (χ1v) is 6.78. The van der Waals surface area contributed by atoms with Crippen LogP contribution in [-0.2, 0) is 0 Å². The lowest BCUT2D eigenvalue weighted by Crippen LogP contribution is -2.25. The van der Waals surface area contributed by atoms with Crippen molar-refractivity contribution < 1.29 is 0 Å². The van der Waals surface area contributed by atoms with E-state index in [1.807, 2.05) is 18.2 Å². The standard InChI is InChI=1S/C13H20BrN3/c1-3-7-17(8-4-2)10-5-6-11(13(15)16)12(14)9-10/h5-6,9H,3-4,7-8H2,1-2H3,(H3,15,16). The van der Waals surface area contributed by atoms with Crippen LogP contribution in [0.3, 0.4) is 0 Å². The number of halogens is 1. The van der Waals surface area contributed by atoms with Gasteiger partial charge < -0.3 is 10.6 Å². The predicted octanol–water partition coefficient (Wildman–Crippen LogP) is 3.36. The van der Waals surface area contributed by atoms with E-state index in [-0.39, 0.29) is 5.84 Å². The molecule has 1 aromatic rings. The van der Waals surface area contributed by atoms with E-state index >= 15 is 0 Å². The summed E-state index contributed by atoms with van der Waals surface area (Å²) >= 11 is 3.47. The summed E-state index contributed by atoms with van der Waals surface area (Å²) in [5.74, 6) is 0.0981. The number of amidine groups is 1. The molecule has 0 spiro atoms. The highest BCUT2D eigenvalue weighted by Crippen LogP contribution is 2.24. The lowest BCUT2D eigenvalue weighted by Gasteiger charge is -2.24. The smallest absolute Gasteiger partial charge is 0.123 e. The second-order valence-corrected chi connectivity index (χ2v) is 4.92. The molecular formula is C13H20BrN3. The van der Waals surface area contributed by atoms with Crippen molar-refractivity contribution in [2.45, 2.75) is 26.7 Å². The Morgan fingerprint density at radius 1 is 1.29 bits per heavy atom. The minimum atomic E-state index is 0.0981. The summed E-state index contributed by atoms with van der Waals surface area (Å²) in [7, 11) is 0. The first-order valence-electron chi connectivity index (χ1n) is 5.99. The molecule has 0 saturated heterocycles. The second kappa shape index (κ2) is 6.64. The van der Waals surface area contributed by atoms with Gasteiger partial charge in [-0.1, -0.05) is 13.8 Å². The van der Waals surface area contributed by atoms with Gasteiger partial charge in [0.05, 0.1) is 0 Å². The van der Waals surface area contributed by atoms with Gasteiger partial charge in [-0.05, 0) is 47.0 Å². The number of nitrogens with one attached hydrogen (secondary N) is 1. The predicted molar refractivity (Wildman–Crippen MR) is 78.0 cm³/mol. The first kappa shape index (κ1) is 14.0. The van der Waals surface area contributed by atoms with Gasteiger partial charge in [0.2, 0.25) is 0 Å². The van der Waals surface area contributed by atoms with Crippen LogP contribution in [0.2, 0.25) is 0 Å². The largest absolute Gasteiger partial charge is 0.384 e. The highest BCUT2D eigenvalue weighted by Gasteiger charge is 2.08. The van der Waals surface area contributed by atoms with E-state index < -0.39 is 0 Å². The van der Waals surface area contributed by atoms with E-state index in [9.17, 15) is 0 Å². The van der Waals surface area contributed by atoms with Crippen molar-refractivity contribution >= 4 is 27.5 Å². The fraction of sp³-hybridized carbons (Fsp3) is 0.462. The average molecular weight is 298 g/mol. The molecule has 3 N–H and O–H groups in total. The van der Waals surface area contributed by atoms with Gasteiger partial charge in [0.15, 0.2) is 0 Å². The topological polar surface area (TPSA) is 53.1 Å². The van der Waals surface area contributed by atoms with Crippen molar-refractivity contribution in [3.63, 3.8) is 0 Å². The van der Waals surface area contributed by atoms with Crippen LogP contribution < -0.4 is 10.6 Å². The SMILES string of the molecule is CCCN(CCC)c1ccc(C(=N)N)c(Br)c1. The molecule has 0 aliphatic heterocycles. The summed E-state index contributed by atoms with van der Waals surface area (Å²) in [6.07, 6.45) is 2.26. The van der Waals surface area contributed by atoms with Crippen molar-refractivity contribution in [2.75, 3.05) is 18.0 Å². The van der Waals surface area contributed by atoms with E-state index in [0.29, 0.717) is 0 Å². The van der Waals surface area contributed by atoms with Crippen LogP contribution in [0.25, 0.3) is 0 Å². The Morgan fingerprint density at radius 3 is 2.29 bits per heavy atom. The summed E-state index contributed by atoms with van der Waals surface area (Å²) in [6, 6.07) is 5.98. The molecule has 0 aromatic heterocycles. The number of nitrogen functional groups attached to an aromatic ring is 1. The number of rotatable bonds is 6. The summed E-state index contributed by atoms with van der Waals surface area (Å²) < 4.78 is 0.889. The molecule has 1 rings (SSSR count). The highest BCUT2D eigenvalue weighted by atomic mass is 79.9. The second-order valence-electron chi connectivity index (χ2n) is 4.06. The molecule has 4 heteroatoms. The Labute approximate surface area is 112 Å². The Hall–Kier alpha value is -1.03. The number of benzene rings is 1. The summed E-state index contributed by atoms with van der Waals surface area (Å²) in [5.41, 5.74) is 7.44. The first-order chi connectivity index (χ1) is 8.10. The van der Waals surface area contributed by atoms with Crippen molar-refractivity contribution in [3.8, 4) is 0 Å². The molecule has 0 amide bonds. The molecule has 0 aliphatic carbocycles. The maximum atomic E-state index is 7.45. The van der Waals surface area contributed by atoms with E-state index in [2.05, 4.69) is 34.7 Å². The average Bonchev–Trinajstić information content (AvgIpc) is 2.28. The fourth-order valence-electron chi connectivity index (χ4n) is 1.83. The molecule has 0 heterocycles. The molecule has 0 saturated carbocycles. The van der Waals surface area contributed by atoms with Gasteiger partial charge in [0.1, 0.15) is 5.84 Å². The molecule has 0 atom stereocenters. The lowest BCUT2D eigenvalue weighted by molar-refractivity contribution is 0.745. The molecular weight excluding hydrogens is 278 g/mol. The third-order valence-electron chi connectivity index (χ3n) is 2.60. The molecule has 0 radical (unpaired) electrons. The molecule has 0 aliphatic rings. The van der Waals surface area contributed by atoms with Gasteiger partial charge in [0.25, 0.3) is 0 Å². The minimum Gasteiger partial charge on any atom is -0.384 e. The molecule has 0 bridgehead atoms. The zero-order valence-electron chi connectivity index (χ0n) is 10.5. The third-order valence-corrected chi connectivity index (χ3v) is 3.25. The van der Waals surface area contributed by atoms with Crippen molar-refractivity contribution in [1.29, 1.82) is 5.41 Å². The number of hydrogen-bond donors (Lipinski definition) is 2. The van der Waals surface area contributed by atoms with E-state index in [0.717, 1.165) is 36.0 Å². The van der Waals surface area contributed by atoms with E-state index in [1.165, 1.54) is 5.69 Å². The zero-order valence-corrected chi connectivity index (χ0v) is 12.0. The molecule has 0 unspecified atom stereocenters. The van der Waals surface area contributed by atoms with Crippen LogP contribution in [0.15, 0.2) is 22.7 Å². The molecule has 3 nitrogen and oxygen atoms in total. The van der Waals surface area contributed by atoms with Crippen molar-refractivity contribution in [1.82, 2.24) is 0 Å². The maximum Gasteiger partial charge on any atom is 0.123 e. The van der Waals surface area contributed by atoms with Crippen LogP contribution in [-0.4, -0.2) is 18.9 Å². The number of nitrogens with two attached hydrogens (primary N) is 1. The van der Waals surface area contributed by atoms with Crippen LogP contribution in [0.5, 0.6) is 0 Å². The zero-order chi connectivity index (χ0) is 12.8. The normalized spacial score (nSPS) is 10.3. The van der Waals surface area contributed by atoms with Gasteiger partial charge in [-0.2, -0.15) is 0 Å². The van der Waals surface area contributed by atoms with Gasteiger partial charge in [0, 0.05) is 28.8 Å². The Bertz CT molecular complexity index is 384. The summed E-state index contributed by atoms with van der Waals surface area (Å²) in [5, 5.41) is 7.45. The Balaban J connectivity index is 2.97. The quantitative estimate of drug-likeness (QED) is 0.625. The van der Waals surface area contributed by atoms with Gasteiger partial charge in [-0.25, -0.2) is 0 Å². The van der Waals surface area contributed by atoms with Gasteiger partial charge >= 0.3 is 0 Å². The molecule has 94 valence electrons. The van der Waals surface area contributed by atoms with Crippen molar-refractivity contribution in [2.24, 2.45) is 5.73 Å². The Kier molecular flexibility index (Phi) is 5.48. The lowest BCUT2D eigenvalue weighted by atomic mass is 10.1.